The Balaban J connectivity index is 1.69. The van der Waals surface area contributed by atoms with Gasteiger partial charge in [-0.05, 0) is 55.5 Å². The molecule has 1 unspecified atom stereocenters. The molecule has 138 valence electrons. The molecule has 0 amide bonds. The topological polar surface area (TPSA) is 69.5 Å². The second-order valence-corrected chi connectivity index (χ2v) is 6.91. The van der Waals surface area contributed by atoms with Gasteiger partial charge < -0.3 is 9.05 Å². The summed E-state index contributed by atoms with van der Waals surface area (Å²) in [5.41, 5.74) is 1.40. The van der Waals surface area contributed by atoms with E-state index < -0.39 is 7.82 Å². The molecular formula is C20H19N2O4P. The summed E-state index contributed by atoms with van der Waals surface area (Å²) in [5.74, 6) is 0.754. The Bertz CT molecular complexity index is 916. The molecule has 6 nitrogen and oxygen atoms in total. The molecule has 0 fully saturated rings. The van der Waals surface area contributed by atoms with E-state index in [0.717, 1.165) is 5.69 Å². The third kappa shape index (κ3) is 5.78. The van der Waals surface area contributed by atoms with Crippen LogP contribution in [0.5, 0.6) is 11.5 Å². The molecule has 0 aliphatic carbocycles. The minimum absolute atomic E-state index is 0.188. The summed E-state index contributed by atoms with van der Waals surface area (Å²) in [6, 6.07) is 24.9. The summed E-state index contributed by atoms with van der Waals surface area (Å²) in [6.07, 6.45) is 0. The molecule has 27 heavy (non-hydrogen) atoms. The molecule has 3 rings (SSSR count). The largest absolute Gasteiger partial charge is 0.587 e. The van der Waals surface area contributed by atoms with Gasteiger partial charge in [0, 0.05) is 0 Å². The monoisotopic (exact) mass is 382 g/mol. The molecule has 0 spiro atoms. The van der Waals surface area contributed by atoms with Crippen molar-refractivity contribution in [1.82, 2.24) is 0 Å². The maximum atomic E-state index is 12.8. The van der Waals surface area contributed by atoms with E-state index >= 15 is 0 Å². The number of azo groups is 1. The standard InChI is InChI=1S/C20H19N2O4P/c1-2-24-27(23,25-19-11-7-4-8-12-19)26-20-15-13-18(14-16-20)22-21-17-9-5-3-6-10-17/h3-16H,2H2,1H3. The van der Waals surface area contributed by atoms with Crippen LogP contribution in [0.3, 0.4) is 0 Å². The van der Waals surface area contributed by atoms with Crippen molar-refractivity contribution in [1.29, 1.82) is 0 Å². The molecule has 0 N–H and O–H groups in total. The van der Waals surface area contributed by atoms with E-state index in [-0.39, 0.29) is 6.61 Å². The fourth-order valence-electron chi connectivity index (χ4n) is 2.15. The second-order valence-electron chi connectivity index (χ2n) is 5.39. The Morgan fingerprint density at radius 1 is 0.704 bits per heavy atom. The molecule has 0 saturated heterocycles. The molecule has 0 aliphatic heterocycles. The minimum atomic E-state index is -3.80. The van der Waals surface area contributed by atoms with Crippen LogP contribution in [0.25, 0.3) is 0 Å². The molecule has 0 aromatic heterocycles. The maximum Gasteiger partial charge on any atom is 0.587 e. The summed E-state index contributed by atoms with van der Waals surface area (Å²) in [6.45, 7) is 1.91. The molecule has 0 saturated carbocycles. The molecule has 0 radical (unpaired) electrons. The normalized spacial score (nSPS) is 13.2. The molecule has 3 aromatic carbocycles. The van der Waals surface area contributed by atoms with Crippen molar-refractivity contribution in [3.8, 4) is 11.5 Å². The first-order valence-corrected chi connectivity index (χ1v) is 9.88. The number of phosphoric ester groups is 1. The lowest BCUT2D eigenvalue weighted by Crippen LogP contribution is -2.04. The zero-order valence-corrected chi connectivity index (χ0v) is 15.7. The van der Waals surface area contributed by atoms with E-state index in [2.05, 4.69) is 10.2 Å². The first kappa shape index (κ1) is 18.8. The number of phosphoric acid groups is 1. The minimum Gasteiger partial charge on any atom is -0.395 e. The molecule has 7 heteroatoms. The number of para-hydroxylation sites is 1. The van der Waals surface area contributed by atoms with Crippen molar-refractivity contribution in [2.45, 2.75) is 6.92 Å². The molecular weight excluding hydrogens is 363 g/mol. The SMILES string of the molecule is CCOP(=O)(Oc1ccccc1)Oc1ccc(N=Nc2ccccc2)cc1. The van der Waals surface area contributed by atoms with Crippen LogP contribution >= 0.6 is 7.82 Å². The molecule has 0 bridgehead atoms. The van der Waals surface area contributed by atoms with Crippen molar-refractivity contribution >= 4 is 19.2 Å². The third-order valence-electron chi connectivity index (χ3n) is 3.34. The van der Waals surface area contributed by atoms with E-state index in [4.69, 9.17) is 13.6 Å². The summed E-state index contributed by atoms with van der Waals surface area (Å²) in [5, 5.41) is 8.30. The van der Waals surface area contributed by atoms with Crippen LogP contribution in [-0.2, 0) is 9.09 Å². The van der Waals surface area contributed by atoms with Gasteiger partial charge >= 0.3 is 7.82 Å². The highest BCUT2D eigenvalue weighted by Gasteiger charge is 2.30. The van der Waals surface area contributed by atoms with Gasteiger partial charge in [-0.1, -0.05) is 36.4 Å². The molecule has 0 aliphatic rings. The average Bonchev–Trinajstić information content (AvgIpc) is 2.69. The number of nitrogens with zero attached hydrogens (tertiary/aromatic N) is 2. The summed E-state index contributed by atoms with van der Waals surface area (Å²) in [7, 11) is -3.80. The quantitative estimate of drug-likeness (QED) is 0.321. The first-order valence-electron chi connectivity index (χ1n) is 8.42. The van der Waals surface area contributed by atoms with Crippen LogP contribution in [0.4, 0.5) is 11.4 Å². The van der Waals surface area contributed by atoms with Crippen LogP contribution in [0.1, 0.15) is 6.92 Å². The van der Waals surface area contributed by atoms with E-state index in [0.29, 0.717) is 17.2 Å². The van der Waals surface area contributed by atoms with Gasteiger partial charge in [-0.25, -0.2) is 4.57 Å². The van der Waals surface area contributed by atoms with Crippen LogP contribution in [-0.4, -0.2) is 6.61 Å². The summed E-state index contributed by atoms with van der Waals surface area (Å²) < 4.78 is 29.0. The zero-order chi connectivity index (χ0) is 19.0. The number of benzene rings is 3. The van der Waals surface area contributed by atoms with Crippen LogP contribution in [0.2, 0.25) is 0 Å². The fourth-order valence-corrected chi connectivity index (χ4v) is 3.37. The molecule has 3 aromatic rings. The number of hydrogen-bond donors (Lipinski definition) is 0. The van der Waals surface area contributed by atoms with E-state index in [1.807, 2.05) is 36.4 Å². The van der Waals surface area contributed by atoms with Crippen molar-refractivity contribution < 1.29 is 18.1 Å². The van der Waals surface area contributed by atoms with Gasteiger partial charge in [0.05, 0.1) is 18.0 Å². The van der Waals surface area contributed by atoms with Gasteiger partial charge in [0.15, 0.2) is 0 Å². The van der Waals surface area contributed by atoms with Crippen molar-refractivity contribution in [3.05, 3.63) is 84.9 Å². The lowest BCUT2D eigenvalue weighted by atomic mass is 10.3. The van der Waals surface area contributed by atoms with Crippen LogP contribution < -0.4 is 9.05 Å². The highest BCUT2D eigenvalue weighted by Crippen LogP contribution is 2.49. The first-order chi connectivity index (χ1) is 13.2. The van der Waals surface area contributed by atoms with Gasteiger partial charge in [0.2, 0.25) is 0 Å². The summed E-state index contributed by atoms with van der Waals surface area (Å²) >= 11 is 0. The van der Waals surface area contributed by atoms with Crippen molar-refractivity contribution in [3.63, 3.8) is 0 Å². The van der Waals surface area contributed by atoms with Gasteiger partial charge in [-0.2, -0.15) is 10.2 Å². The van der Waals surface area contributed by atoms with E-state index in [9.17, 15) is 4.57 Å². The van der Waals surface area contributed by atoms with Crippen LogP contribution in [0.15, 0.2) is 95.2 Å². The number of rotatable bonds is 8. The lowest BCUT2D eigenvalue weighted by molar-refractivity contribution is 0.219. The number of hydrogen-bond acceptors (Lipinski definition) is 6. The molecule has 0 heterocycles. The smallest absolute Gasteiger partial charge is 0.395 e. The predicted octanol–water partition coefficient (Wildman–Crippen LogP) is 6.70. The average molecular weight is 382 g/mol. The Hall–Kier alpha value is -2.95. The lowest BCUT2D eigenvalue weighted by Gasteiger charge is -2.18. The second kappa shape index (κ2) is 9.12. The highest BCUT2D eigenvalue weighted by molar-refractivity contribution is 7.49. The van der Waals surface area contributed by atoms with Gasteiger partial charge in [-0.15, -0.1) is 0 Å². The van der Waals surface area contributed by atoms with Crippen molar-refractivity contribution in [2.24, 2.45) is 10.2 Å². The van der Waals surface area contributed by atoms with Gasteiger partial charge in [0.25, 0.3) is 0 Å². The Kier molecular flexibility index (Phi) is 6.36. The van der Waals surface area contributed by atoms with E-state index in [1.54, 1.807) is 55.5 Å². The van der Waals surface area contributed by atoms with Crippen LogP contribution in [0, 0.1) is 0 Å². The Morgan fingerprint density at radius 3 is 1.74 bits per heavy atom. The van der Waals surface area contributed by atoms with Crippen molar-refractivity contribution in [2.75, 3.05) is 6.61 Å². The Labute approximate surface area is 158 Å². The van der Waals surface area contributed by atoms with Gasteiger partial charge in [0.1, 0.15) is 11.5 Å². The molecule has 1 atom stereocenters. The van der Waals surface area contributed by atoms with E-state index in [1.165, 1.54) is 0 Å². The third-order valence-corrected chi connectivity index (χ3v) is 4.78. The Morgan fingerprint density at radius 2 is 1.19 bits per heavy atom. The van der Waals surface area contributed by atoms with Gasteiger partial charge in [-0.3, -0.25) is 4.52 Å². The zero-order valence-electron chi connectivity index (χ0n) is 14.8. The fraction of sp³-hybridized carbons (Fsp3) is 0.100. The highest BCUT2D eigenvalue weighted by atomic mass is 31.2. The summed E-state index contributed by atoms with van der Waals surface area (Å²) in [4.78, 5) is 0. The predicted molar refractivity (Wildman–Crippen MR) is 104 cm³/mol. The maximum absolute atomic E-state index is 12.8.